The van der Waals surface area contributed by atoms with Crippen LogP contribution in [0.4, 0.5) is 8.78 Å². The molecule has 3 aromatic rings. The van der Waals surface area contributed by atoms with E-state index in [1.165, 1.54) is 24.4 Å². The highest BCUT2D eigenvalue weighted by Gasteiger charge is 2.14. The van der Waals surface area contributed by atoms with Gasteiger partial charge in [0.1, 0.15) is 17.3 Å². The highest BCUT2D eigenvalue weighted by molar-refractivity contribution is 5.93. The molecule has 0 bridgehead atoms. The number of nitrogens with one attached hydrogen (secondary N) is 1. The fourth-order valence-electron chi connectivity index (χ4n) is 2.42. The summed E-state index contributed by atoms with van der Waals surface area (Å²) in [6, 6.07) is 13.0. The molecule has 2 aromatic carbocycles. The zero-order valence-corrected chi connectivity index (χ0v) is 12.7. The lowest BCUT2D eigenvalue weighted by atomic mass is 10.1. The number of benzene rings is 2. The van der Waals surface area contributed by atoms with Crippen LogP contribution in [0.25, 0.3) is 5.69 Å². The molecule has 1 aromatic heterocycles. The Morgan fingerprint density at radius 2 is 1.75 bits per heavy atom. The first-order valence-corrected chi connectivity index (χ1v) is 7.45. The van der Waals surface area contributed by atoms with Crippen LogP contribution in [0, 0.1) is 11.6 Å². The number of hydrogen-bond acceptors (Lipinski definition) is 2. The van der Waals surface area contributed by atoms with Gasteiger partial charge >= 0.3 is 0 Å². The molecule has 0 aliphatic carbocycles. The first-order valence-electron chi connectivity index (χ1n) is 7.45. The average molecular weight is 327 g/mol. The van der Waals surface area contributed by atoms with Gasteiger partial charge in [-0.1, -0.05) is 24.3 Å². The first-order chi connectivity index (χ1) is 11.7. The van der Waals surface area contributed by atoms with Gasteiger partial charge < -0.3 is 5.32 Å². The summed E-state index contributed by atoms with van der Waals surface area (Å²) in [6.07, 6.45) is 3.07. The van der Waals surface area contributed by atoms with Crippen molar-refractivity contribution in [3.63, 3.8) is 0 Å². The van der Waals surface area contributed by atoms with Gasteiger partial charge in [0.05, 0.1) is 12.5 Å². The Hall–Kier alpha value is -3.02. The number of carbonyl (C=O) groups excluding carboxylic acids is 1. The number of hydrogen-bond donors (Lipinski definition) is 1. The SMILES string of the molecule is O=C(NCCc1c(F)cccc1F)c1cncn1-c1ccccc1. The van der Waals surface area contributed by atoms with Gasteiger partial charge in [-0.25, -0.2) is 13.8 Å². The number of amides is 1. The normalized spacial score (nSPS) is 10.6. The van der Waals surface area contributed by atoms with Gasteiger partial charge in [-0.2, -0.15) is 0 Å². The van der Waals surface area contributed by atoms with Crippen molar-refractivity contribution in [2.45, 2.75) is 6.42 Å². The third-order valence-corrected chi connectivity index (χ3v) is 3.63. The van der Waals surface area contributed by atoms with E-state index in [-0.39, 0.29) is 24.4 Å². The highest BCUT2D eigenvalue weighted by atomic mass is 19.1. The number of nitrogens with zero attached hydrogens (tertiary/aromatic N) is 2. The van der Waals surface area contributed by atoms with Crippen molar-refractivity contribution in [2.75, 3.05) is 6.54 Å². The van der Waals surface area contributed by atoms with Gasteiger partial charge in [-0.15, -0.1) is 0 Å². The molecule has 1 heterocycles. The van der Waals surface area contributed by atoms with Gasteiger partial charge in [0.25, 0.3) is 5.91 Å². The van der Waals surface area contributed by atoms with Crippen LogP contribution < -0.4 is 5.32 Å². The number of halogens is 2. The Kier molecular flexibility index (Phi) is 4.65. The van der Waals surface area contributed by atoms with Crippen LogP contribution in [-0.4, -0.2) is 22.0 Å². The van der Waals surface area contributed by atoms with Crippen LogP contribution in [0.5, 0.6) is 0 Å². The third-order valence-electron chi connectivity index (χ3n) is 3.63. The second kappa shape index (κ2) is 7.04. The van der Waals surface area contributed by atoms with E-state index in [1.54, 1.807) is 10.9 Å². The summed E-state index contributed by atoms with van der Waals surface area (Å²) in [7, 11) is 0. The molecule has 0 unspecified atom stereocenters. The molecule has 0 aliphatic rings. The highest BCUT2D eigenvalue weighted by Crippen LogP contribution is 2.13. The molecule has 0 atom stereocenters. The Morgan fingerprint density at radius 3 is 2.46 bits per heavy atom. The van der Waals surface area contributed by atoms with E-state index in [0.29, 0.717) is 5.69 Å². The largest absolute Gasteiger partial charge is 0.350 e. The van der Waals surface area contributed by atoms with E-state index in [2.05, 4.69) is 10.3 Å². The van der Waals surface area contributed by atoms with Crippen molar-refractivity contribution in [1.82, 2.24) is 14.9 Å². The van der Waals surface area contributed by atoms with Crippen LogP contribution in [0.3, 0.4) is 0 Å². The summed E-state index contributed by atoms with van der Waals surface area (Å²) in [5.74, 6) is -1.58. The van der Waals surface area contributed by atoms with E-state index in [4.69, 9.17) is 0 Å². The molecular weight excluding hydrogens is 312 g/mol. The molecule has 0 aliphatic heterocycles. The maximum Gasteiger partial charge on any atom is 0.269 e. The zero-order chi connectivity index (χ0) is 16.9. The fourth-order valence-corrected chi connectivity index (χ4v) is 2.42. The lowest BCUT2D eigenvalue weighted by Crippen LogP contribution is -2.28. The average Bonchev–Trinajstić information content (AvgIpc) is 3.08. The Bertz CT molecular complexity index is 826. The van der Waals surface area contributed by atoms with Crippen molar-refractivity contribution < 1.29 is 13.6 Å². The van der Waals surface area contributed by atoms with Crippen LogP contribution in [-0.2, 0) is 6.42 Å². The predicted octanol–water partition coefficient (Wildman–Crippen LogP) is 3.12. The number of para-hydroxylation sites is 1. The lowest BCUT2D eigenvalue weighted by molar-refractivity contribution is 0.0947. The second-order valence-electron chi connectivity index (χ2n) is 5.19. The van der Waals surface area contributed by atoms with Crippen LogP contribution in [0.1, 0.15) is 16.1 Å². The van der Waals surface area contributed by atoms with Gasteiger partial charge in [0.15, 0.2) is 0 Å². The number of imidazole rings is 1. The molecule has 3 rings (SSSR count). The molecule has 122 valence electrons. The first kappa shape index (κ1) is 15.9. The van der Waals surface area contributed by atoms with Crippen molar-refractivity contribution in [1.29, 1.82) is 0 Å². The minimum atomic E-state index is -0.612. The molecule has 24 heavy (non-hydrogen) atoms. The second-order valence-corrected chi connectivity index (χ2v) is 5.19. The van der Waals surface area contributed by atoms with E-state index in [9.17, 15) is 13.6 Å². The van der Waals surface area contributed by atoms with Crippen LogP contribution in [0.2, 0.25) is 0 Å². The summed E-state index contributed by atoms with van der Waals surface area (Å²) >= 11 is 0. The molecule has 0 saturated carbocycles. The van der Waals surface area contributed by atoms with Crippen molar-refractivity contribution >= 4 is 5.91 Å². The minimum absolute atomic E-state index is 0.0330. The molecule has 4 nitrogen and oxygen atoms in total. The Morgan fingerprint density at radius 1 is 1.04 bits per heavy atom. The Balaban J connectivity index is 1.68. The smallest absolute Gasteiger partial charge is 0.269 e. The number of carbonyl (C=O) groups is 1. The minimum Gasteiger partial charge on any atom is -0.350 e. The molecule has 0 spiro atoms. The van der Waals surface area contributed by atoms with Gasteiger partial charge in [-0.05, 0) is 30.7 Å². The van der Waals surface area contributed by atoms with Crippen molar-refractivity contribution in [3.05, 3.63) is 83.9 Å². The zero-order valence-electron chi connectivity index (χ0n) is 12.7. The van der Waals surface area contributed by atoms with Crippen LogP contribution >= 0.6 is 0 Å². The van der Waals surface area contributed by atoms with Gasteiger partial charge in [0, 0.05) is 17.8 Å². The van der Waals surface area contributed by atoms with E-state index in [0.717, 1.165) is 5.69 Å². The number of aromatic nitrogens is 2. The monoisotopic (exact) mass is 327 g/mol. The topological polar surface area (TPSA) is 46.9 Å². The summed E-state index contributed by atoms with van der Waals surface area (Å²) in [5, 5.41) is 2.67. The summed E-state index contributed by atoms with van der Waals surface area (Å²) in [6.45, 7) is 0.122. The van der Waals surface area contributed by atoms with E-state index in [1.807, 2.05) is 30.3 Å². The fraction of sp³-hybridized carbons (Fsp3) is 0.111. The predicted molar refractivity (Wildman–Crippen MR) is 86.0 cm³/mol. The molecular formula is C18H15F2N3O. The molecule has 1 N–H and O–H groups in total. The Labute approximate surface area is 137 Å². The quantitative estimate of drug-likeness (QED) is 0.783. The maximum absolute atomic E-state index is 13.6. The summed E-state index contributed by atoms with van der Waals surface area (Å²) in [4.78, 5) is 16.3. The van der Waals surface area contributed by atoms with Gasteiger partial charge in [0.2, 0.25) is 0 Å². The van der Waals surface area contributed by atoms with Crippen molar-refractivity contribution in [3.8, 4) is 5.69 Å². The summed E-state index contributed by atoms with van der Waals surface area (Å²) < 4.78 is 28.8. The maximum atomic E-state index is 13.6. The molecule has 0 saturated heterocycles. The standard InChI is InChI=1S/C18H15F2N3O/c19-15-7-4-8-16(20)14(15)9-10-22-18(24)17-11-21-12-23(17)13-5-2-1-3-6-13/h1-8,11-12H,9-10H2,(H,22,24). The summed E-state index contributed by atoms with van der Waals surface area (Å²) in [5.41, 5.74) is 1.13. The van der Waals surface area contributed by atoms with E-state index >= 15 is 0 Å². The van der Waals surface area contributed by atoms with Crippen LogP contribution in [0.15, 0.2) is 61.1 Å². The van der Waals surface area contributed by atoms with Gasteiger partial charge in [-0.3, -0.25) is 9.36 Å². The van der Waals surface area contributed by atoms with E-state index < -0.39 is 11.6 Å². The molecule has 1 amide bonds. The number of rotatable bonds is 5. The molecule has 0 fully saturated rings. The molecule has 0 radical (unpaired) electrons. The lowest BCUT2D eigenvalue weighted by Gasteiger charge is -2.09. The third kappa shape index (κ3) is 3.32. The van der Waals surface area contributed by atoms with Crippen molar-refractivity contribution in [2.24, 2.45) is 0 Å². The molecule has 6 heteroatoms.